The van der Waals surface area contributed by atoms with Crippen molar-refractivity contribution >= 4 is 38.9 Å². The van der Waals surface area contributed by atoms with E-state index in [1.54, 1.807) is 0 Å². The molecule has 1 aliphatic rings. The Kier molecular flexibility index (Phi) is 5.53. The molecule has 1 aromatic carbocycles. The third-order valence-corrected chi connectivity index (χ3v) is 7.72. The van der Waals surface area contributed by atoms with Crippen molar-refractivity contribution in [2.24, 2.45) is 0 Å². The molecule has 1 amide bonds. The largest absolute Gasteiger partial charge is 0.416 e. The van der Waals surface area contributed by atoms with Crippen LogP contribution in [0.2, 0.25) is 4.34 Å². The van der Waals surface area contributed by atoms with Gasteiger partial charge in [-0.15, -0.1) is 11.3 Å². The lowest BCUT2D eigenvalue weighted by Crippen LogP contribution is -2.50. The summed E-state index contributed by atoms with van der Waals surface area (Å²) in [6.07, 6.45) is -4.47. The van der Waals surface area contributed by atoms with Crippen LogP contribution in [0.5, 0.6) is 0 Å². The van der Waals surface area contributed by atoms with Crippen LogP contribution in [0.1, 0.15) is 15.9 Å². The van der Waals surface area contributed by atoms with Crippen molar-refractivity contribution in [1.29, 1.82) is 0 Å². The number of nitrogens with zero attached hydrogens (tertiary/aromatic N) is 2. The number of alkyl halides is 3. The number of carbonyl (C=O) groups excluding carboxylic acids is 1. The third kappa shape index (κ3) is 4.29. The van der Waals surface area contributed by atoms with E-state index in [-0.39, 0.29) is 36.0 Å². The standard InChI is InChI=1S/C16H14ClF3N2O3S2/c17-13-5-6-14(26-13)27(24,25)22-9-7-21(8-10-22)15(23)11-1-3-12(4-2-11)16(18,19)20/h1-6H,7-10H2. The van der Waals surface area contributed by atoms with E-state index in [4.69, 9.17) is 11.6 Å². The summed E-state index contributed by atoms with van der Waals surface area (Å²) in [5.74, 6) is -0.431. The number of hydrogen-bond donors (Lipinski definition) is 0. The quantitative estimate of drug-likeness (QED) is 0.736. The van der Waals surface area contributed by atoms with Crippen LogP contribution in [0.15, 0.2) is 40.6 Å². The first-order valence-electron chi connectivity index (χ1n) is 7.81. The van der Waals surface area contributed by atoms with E-state index in [1.807, 2.05) is 0 Å². The van der Waals surface area contributed by atoms with Crippen LogP contribution in [-0.2, 0) is 16.2 Å². The molecule has 27 heavy (non-hydrogen) atoms. The van der Waals surface area contributed by atoms with E-state index >= 15 is 0 Å². The van der Waals surface area contributed by atoms with E-state index in [2.05, 4.69) is 0 Å². The molecule has 0 unspecified atom stereocenters. The second-order valence-corrected chi connectivity index (χ2v) is 9.71. The molecule has 0 spiro atoms. The molecule has 2 aromatic rings. The summed E-state index contributed by atoms with van der Waals surface area (Å²) >= 11 is 6.75. The van der Waals surface area contributed by atoms with Crippen LogP contribution < -0.4 is 0 Å². The number of thiophene rings is 1. The molecule has 0 bridgehead atoms. The monoisotopic (exact) mass is 438 g/mol. The van der Waals surface area contributed by atoms with Gasteiger partial charge in [0.15, 0.2) is 0 Å². The number of amides is 1. The van der Waals surface area contributed by atoms with Crippen molar-refractivity contribution in [3.63, 3.8) is 0 Å². The van der Waals surface area contributed by atoms with Crippen molar-refractivity contribution in [2.75, 3.05) is 26.2 Å². The molecule has 1 aromatic heterocycles. The Morgan fingerprint density at radius 2 is 1.59 bits per heavy atom. The van der Waals surface area contributed by atoms with Gasteiger partial charge in [0.05, 0.1) is 9.90 Å². The molecule has 0 radical (unpaired) electrons. The number of halogens is 4. The predicted octanol–water partition coefficient (Wildman–Crippen LogP) is 3.57. The molecule has 0 saturated carbocycles. The second-order valence-electron chi connectivity index (χ2n) is 5.83. The summed E-state index contributed by atoms with van der Waals surface area (Å²) in [5.41, 5.74) is -0.700. The Morgan fingerprint density at radius 1 is 1.00 bits per heavy atom. The highest BCUT2D eigenvalue weighted by molar-refractivity contribution is 7.91. The van der Waals surface area contributed by atoms with Crippen molar-refractivity contribution in [3.8, 4) is 0 Å². The van der Waals surface area contributed by atoms with Gasteiger partial charge in [0, 0.05) is 31.7 Å². The molecule has 1 aliphatic heterocycles. The minimum absolute atomic E-state index is 0.101. The molecule has 1 fully saturated rings. The third-order valence-electron chi connectivity index (χ3n) is 4.13. The van der Waals surface area contributed by atoms with Crippen LogP contribution >= 0.6 is 22.9 Å². The van der Waals surface area contributed by atoms with Gasteiger partial charge in [-0.25, -0.2) is 8.42 Å². The van der Waals surface area contributed by atoms with E-state index < -0.39 is 27.7 Å². The molecule has 1 saturated heterocycles. The zero-order valence-electron chi connectivity index (χ0n) is 13.7. The summed E-state index contributed by atoms with van der Waals surface area (Å²) in [7, 11) is -3.67. The lowest BCUT2D eigenvalue weighted by molar-refractivity contribution is -0.137. The smallest absolute Gasteiger partial charge is 0.336 e. The molecule has 146 valence electrons. The Labute approximate surface area is 163 Å². The maximum Gasteiger partial charge on any atom is 0.416 e. The van der Waals surface area contributed by atoms with Crippen LogP contribution in [-0.4, -0.2) is 49.7 Å². The molecule has 2 heterocycles. The van der Waals surface area contributed by atoms with E-state index in [9.17, 15) is 26.4 Å². The Balaban J connectivity index is 1.66. The number of rotatable bonds is 3. The highest BCUT2D eigenvalue weighted by Gasteiger charge is 2.33. The highest BCUT2D eigenvalue weighted by atomic mass is 35.5. The zero-order chi connectivity index (χ0) is 19.8. The average molecular weight is 439 g/mol. The van der Waals surface area contributed by atoms with Gasteiger partial charge in [0.1, 0.15) is 4.21 Å². The molecule has 0 aliphatic carbocycles. The summed E-state index contributed by atoms with van der Waals surface area (Å²) in [5, 5.41) is 0. The van der Waals surface area contributed by atoms with Crippen molar-refractivity contribution in [2.45, 2.75) is 10.4 Å². The topological polar surface area (TPSA) is 57.7 Å². The maximum atomic E-state index is 12.6. The summed E-state index contributed by atoms with van der Waals surface area (Å²) in [6, 6.07) is 6.90. The minimum Gasteiger partial charge on any atom is -0.336 e. The number of carbonyl (C=O) groups is 1. The molecular weight excluding hydrogens is 425 g/mol. The Bertz CT molecular complexity index is 935. The van der Waals surface area contributed by atoms with E-state index in [1.165, 1.54) is 21.3 Å². The van der Waals surface area contributed by atoms with E-state index in [0.29, 0.717) is 4.34 Å². The number of piperazine rings is 1. The maximum absolute atomic E-state index is 12.6. The summed E-state index contributed by atoms with van der Waals surface area (Å²) in [6.45, 7) is 0.505. The fourth-order valence-electron chi connectivity index (χ4n) is 2.68. The van der Waals surface area contributed by atoms with Gasteiger partial charge in [-0.2, -0.15) is 17.5 Å². The molecule has 11 heteroatoms. The molecular formula is C16H14ClF3N2O3S2. The Morgan fingerprint density at radius 3 is 2.07 bits per heavy atom. The van der Waals surface area contributed by atoms with Gasteiger partial charge in [0.25, 0.3) is 15.9 Å². The van der Waals surface area contributed by atoms with Crippen LogP contribution in [0.4, 0.5) is 13.2 Å². The minimum atomic E-state index is -4.47. The number of hydrogen-bond acceptors (Lipinski definition) is 4. The van der Waals surface area contributed by atoms with Gasteiger partial charge in [-0.3, -0.25) is 4.79 Å². The Hall–Kier alpha value is -1.62. The van der Waals surface area contributed by atoms with Crippen molar-refractivity contribution < 1.29 is 26.4 Å². The molecule has 3 rings (SSSR count). The fraction of sp³-hybridized carbons (Fsp3) is 0.312. The van der Waals surface area contributed by atoms with Crippen LogP contribution in [0.3, 0.4) is 0 Å². The van der Waals surface area contributed by atoms with Crippen molar-refractivity contribution in [3.05, 3.63) is 51.9 Å². The normalized spacial score (nSPS) is 16.5. The van der Waals surface area contributed by atoms with Gasteiger partial charge in [-0.1, -0.05) is 11.6 Å². The zero-order valence-corrected chi connectivity index (χ0v) is 16.1. The predicted molar refractivity (Wildman–Crippen MR) is 95.4 cm³/mol. The molecule has 0 atom stereocenters. The summed E-state index contributed by atoms with van der Waals surface area (Å²) in [4.78, 5) is 13.9. The molecule has 5 nitrogen and oxygen atoms in total. The number of sulfonamides is 1. The lowest BCUT2D eigenvalue weighted by Gasteiger charge is -2.33. The fourth-order valence-corrected chi connectivity index (χ4v) is 5.74. The first-order valence-corrected chi connectivity index (χ1v) is 10.4. The molecule has 0 N–H and O–H groups in total. The number of benzene rings is 1. The lowest BCUT2D eigenvalue weighted by atomic mass is 10.1. The summed E-state index contributed by atoms with van der Waals surface area (Å²) < 4.78 is 64.7. The van der Waals surface area contributed by atoms with Gasteiger partial charge in [-0.05, 0) is 36.4 Å². The van der Waals surface area contributed by atoms with Crippen LogP contribution in [0.25, 0.3) is 0 Å². The van der Waals surface area contributed by atoms with Crippen molar-refractivity contribution in [1.82, 2.24) is 9.21 Å². The first kappa shape index (κ1) is 20.1. The first-order chi connectivity index (χ1) is 12.6. The average Bonchev–Trinajstić information content (AvgIpc) is 3.08. The highest BCUT2D eigenvalue weighted by Crippen LogP contribution is 2.30. The second kappa shape index (κ2) is 7.42. The van der Waals surface area contributed by atoms with Gasteiger partial charge >= 0.3 is 6.18 Å². The van der Waals surface area contributed by atoms with Gasteiger partial charge in [0.2, 0.25) is 0 Å². The SMILES string of the molecule is O=C(c1ccc(C(F)(F)F)cc1)N1CCN(S(=O)(=O)c2ccc(Cl)s2)CC1. The van der Waals surface area contributed by atoms with Gasteiger partial charge < -0.3 is 4.90 Å². The van der Waals surface area contributed by atoms with E-state index in [0.717, 1.165) is 35.6 Å². The van der Waals surface area contributed by atoms with Crippen LogP contribution in [0, 0.1) is 0 Å².